The topological polar surface area (TPSA) is 128 Å². The molecule has 5 N–H and O–H groups in total. The molecule has 34 heavy (non-hydrogen) atoms. The van der Waals surface area contributed by atoms with E-state index in [1.54, 1.807) is 42.5 Å². The number of hydroxylamine groups is 1. The third-order valence-electron chi connectivity index (χ3n) is 7.15. The van der Waals surface area contributed by atoms with E-state index in [0.717, 1.165) is 38.0 Å². The monoisotopic (exact) mass is 487 g/mol. The van der Waals surface area contributed by atoms with E-state index in [-0.39, 0.29) is 27.7 Å². The number of carboxylic acids is 1. The van der Waals surface area contributed by atoms with Crippen LogP contribution in [0, 0.1) is 17.8 Å². The van der Waals surface area contributed by atoms with Crippen LogP contribution in [0.15, 0.2) is 58.3 Å². The third-order valence-corrected chi connectivity index (χ3v) is 8.90. The van der Waals surface area contributed by atoms with Gasteiger partial charge in [0.25, 0.3) is 0 Å². The molecule has 2 aliphatic heterocycles. The second kappa shape index (κ2) is 11.0. The Bertz CT molecular complexity index is 1100. The molecule has 4 atom stereocenters. The first-order valence-electron chi connectivity index (χ1n) is 11.9. The smallest absolute Gasteiger partial charge is 0.307 e. The van der Waals surface area contributed by atoms with Crippen molar-refractivity contribution in [3.8, 4) is 0 Å². The molecule has 2 aromatic rings. The first-order valence-corrected chi connectivity index (χ1v) is 13.3. The number of carboxylic acid groups (broad SMARTS) is 1. The van der Waals surface area contributed by atoms with Crippen molar-refractivity contribution in [1.82, 2.24) is 16.1 Å². The summed E-state index contributed by atoms with van der Waals surface area (Å²) in [5.41, 5.74) is 3.93. The number of carbonyl (C=O) groups is 1. The highest BCUT2D eigenvalue weighted by Gasteiger charge is 2.31. The molecule has 4 rings (SSSR count). The average molecular weight is 488 g/mol. The van der Waals surface area contributed by atoms with Crippen molar-refractivity contribution in [3.05, 3.63) is 59.7 Å². The molecule has 0 amide bonds. The molecule has 8 nitrogen and oxygen atoms in total. The molecule has 2 aromatic carbocycles. The molecule has 2 fully saturated rings. The summed E-state index contributed by atoms with van der Waals surface area (Å²) in [5.74, 6) is -1.08. The van der Waals surface area contributed by atoms with Gasteiger partial charge in [0.15, 0.2) is 0 Å². The minimum atomic E-state index is -3.78. The van der Waals surface area contributed by atoms with Crippen LogP contribution in [0.25, 0.3) is 0 Å². The quantitative estimate of drug-likeness (QED) is 0.322. The molecular formula is C25H33N3O5S. The van der Waals surface area contributed by atoms with Gasteiger partial charge in [0.05, 0.1) is 15.7 Å². The molecule has 2 heterocycles. The minimum Gasteiger partial charge on any atom is -0.481 e. The molecular weight excluding hydrogens is 454 g/mol. The van der Waals surface area contributed by atoms with Gasteiger partial charge in [-0.05, 0) is 99.1 Å². The average Bonchev–Trinajstić information content (AvgIpc) is 3.56. The van der Waals surface area contributed by atoms with Crippen LogP contribution in [0.5, 0.6) is 0 Å². The highest BCUT2D eigenvalue weighted by molar-refractivity contribution is 7.91. The minimum absolute atomic E-state index is 0.0394. The SMILES string of the molecule is O=C(O)[C@@H](Cc1cccc(S(=O)(=O)c2cccc(C[C@H](NO)[C@H]3CCNC3)c2)c1)[C@H]1CCNC1. The highest BCUT2D eigenvalue weighted by Crippen LogP contribution is 2.27. The fourth-order valence-electron chi connectivity index (χ4n) is 5.14. The number of sulfone groups is 1. The van der Waals surface area contributed by atoms with Gasteiger partial charge in [-0.2, -0.15) is 0 Å². The van der Waals surface area contributed by atoms with E-state index < -0.39 is 21.7 Å². The Morgan fingerprint density at radius 3 is 2.00 bits per heavy atom. The predicted octanol–water partition coefficient (Wildman–Crippen LogP) is 1.87. The Balaban J connectivity index is 1.54. The van der Waals surface area contributed by atoms with Crippen molar-refractivity contribution < 1.29 is 23.5 Å². The summed E-state index contributed by atoms with van der Waals surface area (Å²) in [6.45, 7) is 3.20. The largest absolute Gasteiger partial charge is 0.481 e. The lowest BCUT2D eigenvalue weighted by Gasteiger charge is -2.21. The number of hydrogen-bond donors (Lipinski definition) is 5. The summed E-state index contributed by atoms with van der Waals surface area (Å²) in [7, 11) is -3.78. The summed E-state index contributed by atoms with van der Waals surface area (Å²) < 4.78 is 26.8. The molecule has 184 valence electrons. The lowest BCUT2D eigenvalue weighted by Crippen LogP contribution is -2.37. The van der Waals surface area contributed by atoms with Gasteiger partial charge in [0.1, 0.15) is 0 Å². The first-order chi connectivity index (χ1) is 16.4. The van der Waals surface area contributed by atoms with Crippen LogP contribution < -0.4 is 16.1 Å². The molecule has 2 saturated heterocycles. The normalized spacial score (nSPS) is 22.5. The number of nitrogens with one attached hydrogen (secondary N) is 3. The van der Waals surface area contributed by atoms with Gasteiger partial charge in [-0.25, -0.2) is 13.9 Å². The first kappa shape index (κ1) is 24.8. The maximum absolute atomic E-state index is 13.4. The Morgan fingerprint density at radius 2 is 1.50 bits per heavy atom. The van der Waals surface area contributed by atoms with E-state index in [1.807, 2.05) is 6.07 Å². The number of benzene rings is 2. The van der Waals surface area contributed by atoms with E-state index in [1.165, 1.54) is 0 Å². The maximum atomic E-state index is 13.4. The molecule has 0 unspecified atom stereocenters. The van der Waals surface area contributed by atoms with Crippen LogP contribution in [-0.2, 0) is 27.5 Å². The van der Waals surface area contributed by atoms with Gasteiger partial charge in [0.2, 0.25) is 9.84 Å². The highest BCUT2D eigenvalue weighted by atomic mass is 32.2. The second-order valence-electron chi connectivity index (χ2n) is 9.39. The van der Waals surface area contributed by atoms with Crippen LogP contribution in [0.1, 0.15) is 24.0 Å². The second-order valence-corrected chi connectivity index (χ2v) is 11.3. The van der Waals surface area contributed by atoms with Gasteiger partial charge in [0, 0.05) is 6.04 Å². The van der Waals surface area contributed by atoms with Crippen LogP contribution in [-0.4, -0.2) is 56.9 Å². The number of aliphatic carboxylic acids is 1. The fraction of sp³-hybridized carbons (Fsp3) is 0.480. The van der Waals surface area contributed by atoms with E-state index >= 15 is 0 Å². The number of hydrogen-bond acceptors (Lipinski definition) is 7. The molecule has 0 radical (unpaired) electrons. The summed E-state index contributed by atoms with van der Waals surface area (Å²) in [5, 5.41) is 25.9. The lowest BCUT2D eigenvalue weighted by molar-refractivity contribution is -0.143. The Morgan fingerprint density at radius 1 is 0.941 bits per heavy atom. The summed E-state index contributed by atoms with van der Waals surface area (Å²) in [6, 6.07) is 13.3. The van der Waals surface area contributed by atoms with Crippen molar-refractivity contribution >= 4 is 15.8 Å². The van der Waals surface area contributed by atoms with Crippen molar-refractivity contribution in [2.45, 2.75) is 41.5 Å². The zero-order chi connectivity index (χ0) is 24.1. The number of rotatable bonds is 10. The lowest BCUT2D eigenvalue weighted by atomic mass is 9.86. The van der Waals surface area contributed by atoms with Gasteiger partial charge in [-0.3, -0.25) is 4.79 Å². The van der Waals surface area contributed by atoms with Gasteiger partial charge < -0.3 is 20.9 Å². The van der Waals surface area contributed by atoms with Gasteiger partial charge >= 0.3 is 5.97 Å². The maximum Gasteiger partial charge on any atom is 0.307 e. The molecule has 0 aliphatic carbocycles. The molecule has 0 aromatic heterocycles. The van der Waals surface area contributed by atoms with Crippen LogP contribution in [0.4, 0.5) is 0 Å². The van der Waals surface area contributed by atoms with Crippen LogP contribution >= 0.6 is 0 Å². The van der Waals surface area contributed by atoms with Crippen molar-refractivity contribution in [3.63, 3.8) is 0 Å². The van der Waals surface area contributed by atoms with E-state index in [0.29, 0.717) is 24.9 Å². The van der Waals surface area contributed by atoms with E-state index in [9.17, 15) is 23.5 Å². The summed E-state index contributed by atoms with van der Waals surface area (Å²) in [4.78, 5) is 12.2. The summed E-state index contributed by atoms with van der Waals surface area (Å²) in [6.07, 6.45) is 2.58. The Hall–Kier alpha value is -2.30. The van der Waals surface area contributed by atoms with Crippen LogP contribution in [0.2, 0.25) is 0 Å². The van der Waals surface area contributed by atoms with Gasteiger partial charge in [-0.1, -0.05) is 24.3 Å². The zero-order valence-corrected chi connectivity index (χ0v) is 19.9. The van der Waals surface area contributed by atoms with E-state index in [2.05, 4.69) is 16.1 Å². The molecule has 2 aliphatic rings. The Kier molecular flexibility index (Phi) is 8.00. The molecule has 0 spiro atoms. The molecule has 9 heteroatoms. The van der Waals surface area contributed by atoms with Crippen molar-refractivity contribution in [2.75, 3.05) is 26.2 Å². The standard InChI is InChI=1S/C25H33N3O5S/c29-25(30)23(19-7-9-26-15-19)13-17-3-1-5-21(11-17)34(32,33)22-6-2-4-18(12-22)14-24(28-31)20-8-10-27-16-20/h1-6,11-12,19-20,23-24,26-28,31H,7-10,13-16H2,(H,29,30)/t19-,20-,23-,24-/m0/s1. The third kappa shape index (κ3) is 5.67. The predicted molar refractivity (Wildman–Crippen MR) is 128 cm³/mol. The Labute approximate surface area is 200 Å². The van der Waals surface area contributed by atoms with Crippen molar-refractivity contribution in [2.24, 2.45) is 17.8 Å². The fourth-order valence-corrected chi connectivity index (χ4v) is 6.54. The van der Waals surface area contributed by atoms with Crippen LogP contribution in [0.3, 0.4) is 0 Å². The summed E-state index contributed by atoms with van der Waals surface area (Å²) >= 11 is 0. The molecule has 0 bridgehead atoms. The zero-order valence-electron chi connectivity index (χ0n) is 19.1. The van der Waals surface area contributed by atoms with Gasteiger partial charge in [-0.15, -0.1) is 0 Å². The molecule has 0 saturated carbocycles. The van der Waals surface area contributed by atoms with E-state index in [4.69, 9.17) is 0 Å². The van der Waals surface area contributed by atoms with Crippen molar-refractivity contribution in [1.29, 1.82) is 0 Å².